The monoisotopic (exact) mass is 193 g/mol. The fourth-order valence-electron chi connectivity index (χ4n) is 1.01. The Labute approximate surface area is 81.8 Å². The Morgan fingerprint density at radius 2 is 1.92 bits per heavy atom. The highest BCUT2D eigenvalue weighted by Crippen LogP contribution is 2.03. The van der Waals surface area contributed by atoms with Crippen molar-refractivity contribution in [1.82, 2.24) is 0 Å². The van der Waals surface area contributed by atoms with Crippen LogP contribution in [0.25, 0.3) is 0 Å². The fourth-order valence-corrected chi connectivity index (χ4v) is 1.01. The number of hydrogen-bond acceptors (Lipinski definition) is 2. The highest BCUT2D eigenvalue weighted by Gasteiger charge is 1.91. The van der Waals surface area contributed by atoms with Crippen LogP contribution < -0.4 is 0 Å². The van der Waals surface area contributed by atoms with Crippen LogP contribution in [0.4, 0.5) is 0 Å². The molecular formula is C9H20ClNO. The maximum absolute atomic E-state index is 4.65. The van der Waals surface area contributed by atoms with Gasteiger partial charge in [0.1, 0.15) is 7.11 Å². The SMILES string of the molecule is CCCCCC/C(C)=N/OC.Cl. The second kappa shape index (κ2) is 10.8. The molecule has 0 aliphatic heterocycles. The molecular weight excluding hydrogens is 174 g/mol. The summed E-state index contributed by atoms with van der Waals surface area (Å²) in [5, 5.41) is 3.84. The van der Waals surface area contributed by atoms with Crippen molar-refractivity contribution in [3.05, 3.63) is 0 Å². The number of unbranched alkanes of at least 4 members (excludes halogenated alkanes) is 3. The molecule has 0 aromatic heterocycles. The Morgan fingerprint density at radius 1 is 1.25 bits per heavy atom. The maximum atomic E-state index is 4.65. The molecule has 0 bridgehead atoms. The van der Waals surface area contributed by atoms with Crippen LogP contribution in [0.1, 0.15) is 46.0 Å². The molecule has 0 rings (SSSR count). The van der Waals surface area contributed by atoms with E-state index in [2.05, 4.69) is 16.9 Å². The summed E-state index contributed by atoms with van der Waals surface area (Å²) in [6.45, 7) is 4.23. The molecule has 0 radical (unpaired) electrons. The van der Waals surface area contributed by atoms with Gasteiger partial charge in [0.05, 0.1) is 5.71 Å². The Morgan fingerprint density at radius 3 is 2.42 bits per heavy atom. The second-order valence-corrected chi connectivity index (χ2v) is 2.82. The first-order valence-corrected chi connectivity index (χ1v) is 4.38. The molecule has 0 amide bonds. The van der Waals surface area contributed by atoms with Gasteiger partial charge in [-0.05, 0) is 19.8 Å². The van der Waals surface area contributed by atoms with Crippen LogP contribution in [-0.2, 0) is 4.84 Å². The molecule has 0 N–H and O–H groups in total. The molecule has 0 aromatic carbocycles. The quantitative estimate of drug-likeness (QED) is 0.360. The average molecular weight is 194 g/mol. The molecule has 74 valence electrons. The van der Waals surface area contributed by atoms with Crippen molar-refractivity contribution >= 4 is 18.1 Å². The third-order valence-electron chi connectivity index (χ3n) is 1.64. The van der Waals surface area contributed by atoms with Crippen molar-refractivity contribution in [3.8, 4) is 0 Å². The average Bonchev–Trinajstić information content (AvgIpc) is 1.99. The van der Waals surface area contributed by atoms with Crippen LogP contribution in [0, 0.1) is 0 Å². The number of rotatable bonds is 6. The van der Waals surface area contributed by atoms with Crippen LogP contribution in [-0.4, -0.2) is 12.8 Å². The number of hydrogen-bond donors (Lipinski definition) is 0. The Bertz CT molecular complexity index is 115. The summed E-state index contributed by atoms with van der Waals surface area (Å²) in [6, 6.07) is 0. The lowest BCUT2D eigenvalue weighted by Crippen LogP contribution is -1.91. The number of nitrogens with zero attached hydrogens (tertiary/aromatic N) is 1. The second-order valence-electron chi connectivity index (χ2n) is 2.82. The van der Waals surface area contributed by atoms with Gasteiger partial charge in [0.2, 0.25) is 0 Å². The number of halogens is 1. The predicted molar refractivity (Wildman–Crippen MR) is 56.1 cm³/mol. The van der Waals surface area contributed by atoms with E-state index in [9.17, 15) is 0 Å². The third-order valence-corrected chi connectivity index (χ3v) is 1.64. The van der Waals surface area contributed by atoms with Crippen molar-refractivity contribution in [2.45, 2.75) is 46.0 Å². The van der Waals surface area contributed by atoms with E-state index in [4.69, 9.17) is 0 Å². The molecule has 0 atom stereocenters. The molecule has 0 saturated heterocycles. The van der Waals surface area contributed by atoms with Gasteiger partial charge in [-0.1, -0.05) is 31.3 Å². The standard InChI is InChI=1S/C9H19NO.ClH/c1-4-5-6-7-8-9(2)10-11-3;/h4-8H2,1-3H3;1H/b10-9+;. The Balaban J connectivity index is 0. The van der Waals surface area contributed by atoms with E-state index in [1.165, 1.54) is 25.7 Å². The zero-order chi connectivity index (χ0) is 8.53. The highest BCUT2D eigenvalue weighted by atomic mass is 35.5. The summed E-state index contributed by atoms with van der Waals surface area (Å²) in [6.07, 6.45) is 6.26. The van der Waals surface area contributed by atoms with Gasteiger partial charge in [0.25, 0.3) is 0 Å². The lowest BCUT2D eigenvalue weighted by Gasteiger charge is -1.98. The first-order chi connectivity index (χ1) is 5.31. The smallest absolute Gasteiger partial charge is 0.106 e. The predicted octanol–water partition coefficient (Wildman–Crippen LogP) is 3.40. The van der Waals surface area contributed by atoms with E-state index >= 15 is 0 Å². The molecule has 0 aliphatic carbocycles. The molecule has 0 heterocycles. The normalized spacial score (nSPS) is 10.8. The van der Waals surface area contributed by atoms with E-state index in [-0.39, 0.29) is 12.4 Å². The summed E-state index contributed by atoms with van der Waals surface area (Å²) >= 11 is 0. The van der Waals surface area contributed by atoms with Crippen molar-refractivity contribution < 1.29 is 4.84 Å². The summed E-state index contributed by atoms with van der Waals surface area (Å²) in [4.78, 5) is 4.65. The minimum atomic E-state index is 0. The number of oxime groups is 1. The first-order valence-electron chi connectivity index (χ1n) is 4.38. The van der Waals surface area contributed by atoms with Crippen LogP contribution >= 0.6 is 12.4 Å². The van der Waals surface area contributed by atoms with Crippen molar-refractivity contribution in [1.29, 1.82) is 0 Å². The minimum absolute atomic E-state index is 0. The zero-order valence-corrected chi connectivity index (χ0v) is 9.12. The van der Waals surface area contributed by atoms with Crippen molar-refractivity contribution in [3.63, 3.8) is 0 Å². The molecule has 2 nitrogen and oxygen atoms in total. The van der Waals surface area contributed by atoms with Gasteiger partial charge in [-0.3, -0.25) is 0 Å². The summed E-state index contributed by atoms with van der Waals surface area (Å²) in [7, 11) is 1.59. The third kappa shape index (κ3) is 9.76. The van der Waals surface area contributed by atoms with Crippen LogP contribution in [0.5, 0.6) is 0 Å². The van der Waals surface area contributed by atoms with E-state index < -0.39 is 0 Å². The van der Waals surface area contributed by atoms with Gasteiger partial charge >= 0.3 is 0 Å². The lowest BCUT2D eigenvalue weighted by atomic mass is 10.1. The molecule has 0 aliphatic rings. The van der Waals surface area contributed by atoms with Gasteiger partial charge in [-0.15, -0.1) is 12.4 Å². The summed E-state index contributed by atoms with van der Waals surface area (Å²) < 4.78 is 0. The molecule has 12 heavy (non-hydrogen) atoms. The molecule has 0 unspecified atom stereocenters. The fraction of sp³-hybridized carbons (Fsp3) is 0.889. The van der Waals surface area contributed by atoms with Crippen molar-refractivity contribution in [2.75, 3.05) is 7.11 Å². The zero-order valence-electron chi connectivity index (χ0n) is 8.30. The van der Waals surface area contributed by atoms with Gasteiger partial charge in [-0.2, -0.15) is 0 Å². The maximum Gasteiger partial charge on any atom is 0.106 e. The summed E-state index contributed by atoms with van der Waals surface area (Å²) in [5.74, 6) is 0. The largest absolute Gasteiger partial charge is 0.399 e. The Hall–Kier alpha value is -0.240. The lowest BCUT2D eigenvalue weighted by molar-refractivity contribution is 0.212. The van der Waals surface area contributed by atoms with Gasteiger partial charge < -0.3 is 4.84 Å². The van der Waals surface area contributed by atoms with Gasteiger partial charge in [0, 0.05) is 0 Å². The van der Waals surface area contributed by atoms with E-state index in [0.29, 0.717) is 0 Å². The van der Waals surface area contributed by atoms with Gasteiger partial charge in [0.15, 0.2) is 0 Å². The molecule has 0 saturated carbocycles. The highest BCUT2D eigenvalue weighted by molar-refractivity contribution is 5.85. The first kappa shape index (κ1) is 14.3. The van der Waals surface area contributed by atoms with Crippen LogP contribution in [0.15, 0.2) is 5.16 Å². The molecule has 0 fully saturated rings. The van der Waals surface area contributed by atoms with E-state index in [0.717, 1.165) is 12.1 Å². The topological polar surface area (TPSA) is 21.6 Å². The minimum Gasteiger partial charge on any atom is -0.399 e. The van der Waals surface area contributed by atoms with Crippen molar-refractivity contribution in [2.24, 2.45) is 5.16 Å². The van der Waals surface area contributed by atoms with E-state index in [1.54, 1.807) is 7.11 Å². The van der Waals surface area contributed by atoms with Crippen LogP contribution in [0.2, 0.25) is 0 Å². The van der Waals surface area contributed by atoms with Crippen LogP contribution in [0.3, 0.4) is 0 Å². The molecule has 0 spiro atoms. The van der Waals surface area contributed by atoms with Gasteiger partial charge in [-0.25, -0.2) is 0 Å². The van der Waals surface area contributed by atoms with E-state index in [1.807, 2.05) is 6.92 Å². The summed E-state index contributed by atoms with van der Waals surface area (Å²) in [5.41, 5.74) is 1.10. The Kier molecular flexibility index (Phi) is 12.8. The molecule has 0 aromatic rings. The molecule has 3 heteroatoms.